The third-order valence-corrected chi connectivity index (χ3v) is 2.56. The highest BCUT2D eigenvalue weighted by Crippen LogP contribution is 2.26. The minimum absolute atomic E-state index is 0.254. The van der Waals surface area contributed by atoms with Gasteiger partial charge >= 0.3 is 0 Å². The van der Waals surface area contributed by atoms with E-state index in [9.17, 15) is 9.59 Å². The first-order valence-corrected chi connectivity index (χ1v) is 4.69. The van der Waals surface area contributed by atoms with Crippen LogP contribution >= 0.6 is 15.9 Å². The smallest absolute Gasteiger partial charge is 0.150 e. The molecule has 3 heteroatoms. The first-order valence-electron chi connectivity index (χ1n) is 3.89. The van der Waals surface area contributed by atoms with E-state index in [-0.39, 0.29) is 5.92 Å². The summed E-state index contributed by atoms with van der Waals surface area (Å²) in [7, 11) is 0. The zero-order valence-corrected chi connectivity index (χ0v) is 8.74. The summed E-state index contributed by atoms with van der Waals surface area (Å²) < 4.78 is 0.803. The summed E-state index contributed by atoms with van der Waals surface area (Å²) in [4.78, 5) is 21.3. The molecule has 0 spiro atoms. The second-order valence-corrected chi connectivity index (χ2v) is 3.64. The molecule has 0 heterocycles. The molecule has 1 aromatic rings. The second-order valence-electron chi connectivity index (χ2n) is 2.79. The van der Waals surface area contributed by atoms with Crippen molar-refractivity contribution in [2.45, 2.75) is 12.8 Å². The van der Waals surface area contributed by atoms with Gasteiger partial charge < -0.3 is 4.79 Å². The molecule has 68 valence electrons. The van der Waals surface area contributed by atoms with Crippen molar-refractivity contribution in [1.82, 2.24) is 0 Å². The Bertz CT molecular complexity index is 334. The summed E-state index contributed by atoms with van der Waals surface area (Å²) in [5.41, 5.74) is 1.32. The van der Waals surface area contributed by atoms with E-state index < -0.39 is 0 Å². The van der Waals surface area contributed by atoms with Crippen molar-refractivity contribution in [3.05, 3.63) is 33.8 Å². The molecule has 1 rings (SSSR count). The highest BCUT2D eigenvalue weighted by molar-refractivity contribution is 9.10. The second kappa shape index (κ2) is 4.33. The van der Waals surface area contributed by atoms with Gasteiger partial charge in [0.2, 0.25) is 0 Å². The van der Waals surface area contributed by atoms with Gasteiger partial charge in [-0.2, -0.15) is 0 Å². The van der Waals surface area contributed by atoms with Gasteiger partial charge in [0.25, 0.3) is 0 Å². The summed E-state index contributed by atoms with van der Waals surface area (Å²) in [6.45, 7) is 1.76. The molecule has 0 fully saturated rings. The van der Waals surface area contributed by atoms with Crippen LogP contribution in [0.1, 0.15) is 28.8 Å². The van der Waals surface area contributed by atoms with E-state index in [1.807, 2.05) is 6.07 Å². The molecule has 13 heavy (non-hydrogen) atoms. The van der Waals surface area contributed by atoms with Crippen LogP contribution in [-0.4, -0.2) is 12.6 Å². The van der Waals surface area contributed by atoms with Gasteiger partial charge in [-0.25, -0.2) is 0 Å². The number of halogens is 1. The molecule has 0 aliphatic rings. The fourth-order valence-electron chi connectivity index (χ4n) is 1.20. The van der Waals surface area contributed by atoms with Crippen LogP contribution < -0.4 is 0 Å². The SMILES string of the molecule is CC(C=O)c1c(Br)cccc1C=O. The minimum atomic E-state index is -0.254. The van der Waals surface area contributed by atoms with Crippen LogP contribution in [0.3, 0.4) is 0 Å². The number of carbonyl (C=O) groups excluding carboxylic acids is 2. The predicted molar refractivity (Wildman–Crippen MR) is 54.0 cm³/mol. The van der Waals surface area contributed by atoms with Crippen LogP contribution in [0.25, 0.3) is 0 Å². The maximum absolute atomic E-state index is 10.7. The van der Waals surface area contributed by atoms with Gasteiger partial charge in [0.05, 0.1) is 0 Å². The van der Waals surface area contributed by atoms with E-state index in [0.29, 0.717) is 5.56 Å². The molecule has 0 bridgehead atoms. The highest BCUT2D eigenvalue weighted by Gasteiger charge is 2.12. The number of hydrogen-bond acceptors (Lipinski definition) is 2. The molecule has 0 aliphatic heterocycles. The van der Waals surface area contributed by atoms with E-state index >= 15 is 0 Å². The summed E-state index contributed by atoms with van der Waals surface area (Å²) in [5.74, 6) is -0.254. The molecule has 0 saturated carbocycles. The van der Waals surface area contributed by atoms with Crippen LogP contribution in [0.5, 0.6) is 0 Å². The van der Waals surface area contributed by atoms with Gasteiger partial charge in [-0.1, -0.05) is 35.0 Å². The molecular weight excluding hydrogens is 232 g/mol. The van der Waals surface area contributed by atoms with Crippen LogP contribution in [0.15, 0.2) is 22.7 Å². The van der Waals surface area contributed by atoms with E-state index in [4.69, 9.17) is 0 Å². The quantitative estimate of drug-likeness (QED) is 0.762. The van der Waals surface area contributed by atoms with Gasteiger partial charge in [-0.05, 0) is 11.6 Å². The van der Waals surface area contributed by atoms with Crippen molar-refractivity contribution in [1.29, 1.82) is 0 Å². The largest absolute Gasteiger partial charge is 0.303 e. The lowest BCUT2D eigenvalue weighted by molar-refractivity contribution is -0.108. The molecule has 0 aliphatic carbocycles. The Hall–Kier alpha value is -0.960. The Labute approximate surface area is 85.1 Å². The summed E-state index contributed by atoms with van der Waals surface area (Å²) >= 11 is 3.31. The Kier molecular flexibility index (Phi) is 3.37. The average Bonchev–Trinajstić information content (AvgIpc) is 2.16. The predicted octanol–water partition coefficient (Wildman–Crippen LogP) is 2.56. The van der Waals surface area contributed by atoms with Crippen LogP contribution in [0.2, 0.25) is 0 Å². The molecule has 2 nitrogen and oxygen atoms in total. The maximum atomic E-state index is 10.7. The third kappa shape index (κ3) is 2.04. The first kappa shape index (κ1) is 10.1. The van der Waals surface area contributed by atoms with Gasteiger partial charge in [0.15, 0.2) is 0 Å². The Morgan fingerprint density at radius 1 is 1.38 bits per heavy atom. The van der Waals surface area contributed by atoms with Crippen molar-refractivity contribution < 1.29 is 9.59 Å². The van der Waals surface area contributed by atoms with Gasteiger partial charge in [-0.3, -0.25) is 4.79 Å². The van der Waals surface area contributed by atoms with Crippen molar-refractivity contribution in [2.24, 2.45) is 0 Å². The lowest BCUT2D eigenvalue weighted by Gasteiger charge is -2.09. The van der Waals surface area contributed by atoms with E-state index in [2.05, 4.69) is 15.9 Å². The lowest BCUT2D eigenvalue weighted by atomic mass is 9.98. The zero-order valence-electron chi connectivity index (χ0n) is 7.16. The summed E-state index contributed by atoms with van der Waals surface area (Å²) in [5, 5.41) is 0. The Balaban J connectivity index is 3.29. The number of carbonyl (C=O) groups is 2. The van der Waals surface area contributed by atoms with E-state index in [0.717, 1.165) is 22.6 Å². The monoisotopic (exact) mass is 240 g/mol. The van der Waals surface area contributed by atoms with E-state index in [1.165, 1.54) is 0 Å². The zero-order chi connectivity index (χ0) is 9.84. The molecule has 0 radical (unpaired) electrons. The van der Waals surface area contributed by atoms with E-state index in [1.54, 1.807) is 19.1 Å². The number of hydrogen-bond donors (Lipinski definition) is 0. The molecular formula is C10H9BrO2. The van der Waals surface area contributed by atoms with Crippen LogP contribution in [0, 0.1) is 0 Å². The first-order chi connectivity index (χ1) is 6.20. The van der Waals surface area contributed by atoms with Crippen molar-refractivity contribution in [3.8, 4) is 0 Å². The summed E-state index contributed by atoms with van der Waals surface area (Å²) in [6.07, 6.45) is 1.59. The van der Waals surface area contributed by atoms with Gasteiger partial charge in [0, 0.05) is 16.0 Å². The van der Waals surface area contributed by atoms with Crippen molar-refractivity contribution >= 4 is 28.5 Å². The number of benzene rings is 1. The van der Waals surface area contributed by atoms with Crippen molar-refractivity contribution in [2.75, 3.05) is 0 Å². The number of rotatable bonds is 3. The lowest BCUT2D eigenvalue weighted by Crippen LogP contribution is -2.00. The fourth-order valence-corrected chi connectivity index (χ4v) is 1.95. The molecule has 1 atom stereocenters. The Morgan fingerprint density at radius 3 is 2.62 bits per heavy atom. The topological polar surface area (TPSA) is 34.1 Å². The van der Waals surface area contributed by atoms with Gasteiger partial charge in [0.1, 0.15) is 12.6 Å². The Morgan fingerprint density at radius 2 is 2.08 bits per heavy atom. The van der Waals surface area contributed by atoms with Crippen LogP contribution in [0.4, 0.5) is 0 Å². The maximum Gasteiger partial charge on any atom is 0.150 e. The molecule has 1 unspecified atom stereocenters. The average molecular weight is 241 g/mol. The summed E-state index contributed by atoms with van der Waals surface area (Å²) in [6, 6.07) is 5.30. The molecule has 0 N–H and O–H groups in total. The standard InChI is InChI=1S/C10H9BrO2/c1-7(5-12)10-8(6-13)3-2-4-9(10)11/h2-7H,1H3. The van der Waals surface area contributed by atoms with Gasteiger partial charge in [-0.15, -0.1) is 0 Å². The normalized spacial score (nSPS) is 12.2. The highest BCUT2D eigenvalue weighted by atomic mass is 79.9. The molecule has 0 aromatic heterocycles. The minimum Gasteiger partial charge on any atom is -0.303 e. The fraction of sp³-hybridized carbons (Fsp3) is 0.200. The molecule has 0 amide bonds. The number of aldehydes is 2. The molecule has 1 aromatic carbocycles. The van der Waals surface area contributed by atoms with Crippen LogP contribution in [-0.2, 0) is 4.79 Å². The third-order valence-electron chi connectivity index (χ3n) is 1.87. The molecule has 0 saturated heterocycles. The van der Waals surface area contributed by atoms with Crippen molar-refractivity contribution in [3.63, 3.8) is 0 Å².